The number of hydrogen-bond donors (Lipinski definition) is 1. The van der Waals surface area contributed by atoms with Gasteiger partial charge in [0, 0.05) is 11.4 Å². The molecule has 0 saturated carbocycles. The summed E-state index contributed by atoms with van der Waals surface area (Å²) in [5.41, 5.74) is 0.564. The smallest absolute Gasteiger partial charge is 0.244 e. The number of amides is 2. The molecule has 5 nitrogen and oxygen atoms in total. The maximum atomic E-state index is 13.0. The van der Waals surface area contributed by atoms with E-state index < -0.39 is 0 Å². The van der Waals surface area contributed by atoms with E-state index in [1.807, 2.05) is 13.0 Å². The molecule has 0 aliphatic carbocycles. The largest absolute Gasteiger partial charge is 0.495 e. The molecule has 2 aromatic carbocycles. The number of para-hydroxylation sites is 2. The number of nitrogens with zero attached hydrogens (tertiary/aromatic N) is 1. The van der Waals surface area contributed by atoms with Gasteiger partial charge in [0.05, 0.1) is 25.1 Å². The Labute approximate surface area is 162 Å². The average Bonchev–Trinajstić information content (AvgIpc) is 2.67. The van der Waals surface area contributed by atoms with E-state index in [9.17, 15) is 14.0 Å². The topological polar surface area (TPSA) is 58.6 Å². The van der Waals surface area contributed by atoms with Crippen LogP contribution in [0.1, 0.15) is 13.3 Å². The van der Waals surface area contributed by atoms with Gasteiger partial charge in [0.1, 0.15) is 11.6 Å². The van der Waals surface area contributed by atoms with Crippen LogP contribution in [0.25, 0.3) is 0 Å². The Bertz CT molecular complexity index is 768. The predicted octanol–water partition coefficient (Wildman–Crippen LogP) is 3.80. The van der Waals surface area contributed by atoms with Crippen LogP contribution < -0.4 is 10.1 Å². The number of carbonyl (C=O) groups excluding carboxylic acids is 2. The summed E-state index contributed by atoms with van der Waals surface area (Å²) in [5.74, 6) is 0.0138. The second-order valence-corrected chi connectivity index (χ2v) is 6.86. The van der Waals surface area contributed by atoms with Crippen LogP contribution in [-0.2, 0) is 9.59 Å². The van der Waals surface area contributed by atoms with Crippen molar-refractivity contribution in [3.05, 3.63) is 54.3 Å². The molecule has 27 heavy (non-hydrogen) atoms. The van der Waals surface area contributed by atoms with Crippen LogP contribution in [0, 0.1) is 5.82 Å². The fourth-order valence-corrected chi connectivity index (χ4v) is 3.24. The van der Waals surface area contributed by atoms with Crippen molar-refractivity contribution in [3.8, 4) is 5.75 Å². The summed E-state index contributed by atoms with van der Waals surface area (Å²) in [4.78, 5) is 27.2. The molecule has 2 rings (SSSR count). The Hall–Kier alpha value is -2.54. The molecule has 0 fully saturated rings. The molecule has 0 radical (unpaired) electrons. The molecule has 0 aliphatic rings. The molecule has 0 aromatic heterocycles. The normalized spacial score (nSPS) is 10.3. The van der Waals surface area contributed by atoms with E-state index in [1.165, 1.54) is 35.9 Å². The van der Waals surface area contributed by atoms with Crippen molar-refractivity contribution in [2.45, 2.75) is 18.2 Å². The van der Waals surface area contributed by atoms with Crippen LogP contribution in [0.15, 0.2) is 53.4 Å². The molecule has 7 heteroatoms. The van der Waals surface area contributed by atoms with Gasteiger partial charge in [-0.3, -0.25) is 9.59 Å². The quantitative estimate of drug-likeness (QED) is 0.662. The molecule has 0 aliphatic heterocycles. The molecule has 0 atom stereocenters. The monoisotopic (exact) mass is 390 g/mol. The highest BCUT2D eigenvalue weighted by atomic mass is 32.2. The standard InChI is InChI=1S/C20H23FN2O3S/c1-3-12-23(20(25)14-27-16-10-8-15(21)9-11-16)13-19(24)22-17-6-4-5-7-18(17)26-2/h4-11H,3,12-14H2,1-2H3,(H,22,24). The van der Waals surface area contributed by atoms with Crippen molar-refractivity contribution in [2.24, 2.45) is 0 Å². The van der Waals surface area contributed by atoms with Crippen molar-refractivity contribution >= 4 is 29.3 Å². The van der Waals surface area contributed by atoms with Gasteiger partial charge < -0.3 is 15.0 Å². The number of benzene rings is 2. The van der Waals surface area contributed by atoms with Gasteiger partial charge in [0.15, 0.2) is 0 Å². The average molecular weight is 390 g/mol. The van der Waals surface area contributed by atoms with Gasteiger partial charge in [-0.15, -0.1) is 11.8 Å². The lowest BCUT2D eigenvalue weighted by Crippen LogP contribution is -2.39. The van der Waals surface area contributed by atoms with E-state index >= 15 is 0 Å². The third-order valence-electron chi connectivity index (χ3n) is 3.74. The zero-order valence-electron chi connectivity index (χ0n) is 15.4. The number of hydrogen-bond acceptors (Lipinski definition) is 4. The third kappa shape index (κ3) is 6.60. The maximum Gasteiger partial charge on any atom is 0.244 e. The van der Waals surface area contributed by atoms with E-state index in [1.54, 1.807) is 30.3 Å². The van der Waals surface area contributed by atoms with Gasteiger partial charge >= 0.3 is 0 Å². The van der Waals surface area contributed by atoms with Crippen LogP contribution in [0.3, 0.4) is 0 Å². The minimum Gasteiger partial charge on any atom is -0.495 e. The summed E-state index contributed by atoms with van der Waals surface area (Å²) in [6.45, 7) is 2.41. The highest BCUT2D eigenvalue weighted by Gasteiger charge is 2.17. The fourth-order valence-electron chi connectivity index (χ4n) is 2.44. The minimum atomic E-state index is -0.314. The van der Waals surface area contributed by atoms with Crippen molar-refractivity contribution in [2.75, 3.05) is 31.3 Å². The van der Waals surface area contributed by atoms with Crippen LogP contribution in [0.2, 0.25) is 0 Å². The number of halogens is 1. The Morgan fingerprint density at radius 2 is 1.85 bits per heavy atom. The first-order chi connectivity index (χ1) is 13.0. The number of anilines is 1. The lowest BCUT2D eigenvalue weighted by atomic mass is 10.3. The second kappa shape index (κ2) is 10.6. The number of rotatable bonds is 9. The molecular formula is C20H23FN2O3S. The maximum absolute atomic E-state index is 13.0. The predicted molar refractivity (Wildman–Crippen MR) is 106 cm³/mol. The van der Waals surface area contributed by atoms with Crippen molar-refractivity contribution in [1.82, 2.24) is 4.90 Å². The SMILES string of the molecule is CCCN(CC(=O)Nc1ccccc1OC)C(=O)CSc1ccc(F)cc1. The van der Waals surface area contributed by atoms with Gasteiger partial charge in [0.25, 0.3) is 0 Å². The number of thioether (sulfide) groups is 1. The van der Waals surface area contributed by atoms with Gasteiger partial charge in [-0.2, -0.15) is 0 Å². The number of ether oxygens (including phenoxy) is 1. The van der Waals surface area contributed by atoms with Crippen molar-refractivity contribution < 1.29 is 18.7 Å². The van der Waals surface area contributed by atoms with Gasteiger partial charge in [-0.25, -0.2) is 4.39 Å². The molecule has 144 valence electrons. The second-order valence-electron chi connectivity index (χ2n) is 5.81. The summed E-state index contributed by atoms with van der Waals surface area (Å²) < 4.78 is 18.2. The Balaban J connectivity index is 1.93. The number of carbonyl (C=O) groups is 2. The fraction of sp³-hybridized carbons (Fsp3) is 0.300. The third-order valence-corrected chi connectivity index (χ3v) is 4.73. The van der Waals surface area contributed by atoms with E-state index in [4.69, 9.17) is 4.74 Å². The lowest BCUT2D eigenvalue weighted by Gasteiger charge is -2.22. The van der Waals surface area contributed by atoms with Crippen LogP contribution in [0.5, 0.6) is 5.75 Å². The molecule has 0 saturated heterocycles. The summed E-state index contributed by atoms with van der Waals surface area (Å²) in [7, 11) is 1.53. The van der Waals surface area contributed by atoms with Gasteiger partial charge in [0.2, 0.25) is 11.8 Å². The molecule has 0 spiro atoms. The molecule has 2 amide bonds. The first-order valence-electron chi connectivity index (χ1n) is 8.62. The molecule has 0 heterocycles. The van der Waals surface area contributed by atoms with Crippen LogP contribution in [-0.4, -0.2) is 42.7 Å². The van der Waals surface area contributed by atoms with Gasteiger partial charge in [-0.1, -0.05) is 19.1 Å². The van der Waals surface area contributed by atoms with Crippen LogP contribution in [0.4, 0.5) is 10.1 Å². The Kier molecular flexibility index (Phi) is 8.13. The first-order valence-corrected chi connectivity index (χ1v) is 9.61. The zero-order valence-corrected chi connectivity index (χ0v) is 16.2. The highest BCUT2D eigenvalue weighted by molar-refractivity contribution is 8.00. The molecule has 1 N–H and O–H groups in total. The van der Waals surface area contributed by atoms with E-state index in [0.29, 0.717) is 18.0 Å². The summed E-state index contributed by atoms with van der Waals surface area (Å²) in [6.07, 6.45) is 0.745. The first kappa shape index (κ1) is 20.8. The molecule has 0 bridgehead atoms. The summed E-state index contributed by atoms with van der Waals surface area (Å²) >= 11 is 1.32. The lowest BCUT2D eigenvalue weighted by molar-refractivity contribution is -0.132. The summed E-state index contributed by atoms with van der Waals surface area (Å²) in [6, 6.07) is 13.1. The molecule has 2 aromatic rings. The Morgan fingerprint density at radius 3 is 2.52 bits per heavy atom. The minimum absolute atomic E-state index is 0.0330. The van der Waals surface area contributed by atoms with Crippen molar-refractivity contribution in [3.63, 3.8) is 0 Å². The van der Waals surface area contributed by atoms with Crippen LogP contribution >= 0.6 is 11.8 Å². The number of methoxy groups -OCH3 is 1. The number of nitrogens with one attached hydrogen (secondary N) is 1. The van der Waals surface area contributed by atoms with E-state index in [2.05, 4.69) is 5.32 Å². The molecular weight excluding hydrogens is 367 g/mol. The molecule has 0 unspecified atom stereocenters. The van der Waals surface area contributed by atoms with E-state index in [-0.39, 0.29) is 29.9 Å². The summed E-state index contributed by atoms with van der Waals surface area (Å²) in [5, 5.41) is 2.78. The Morgan fingerprint density at radius 1 is 1.15 bits per heavy atom. The van der Waals surface area contributed by atoms with Gasteiger partial charge in [-0.05, 0) is 42.8 Å². The van der Waals surface area contributed by atoms with E-state index in [0.717, 1.165) is 11.3 Å². The highest BCUT2D eigenvalue weighted by Crippen LogP contribution is 2.23. The van der Waals surface area contributed by atoms with Crippen molar-refractivity contribution in [1.29, 1.82) is 0 Å². The zero-order chi connectivity index (χ0) is 19.6.